The maximum absolute atomic E-state index is 6.00. The molecule has 0 aromatic heterocycles. The Morgan fingerprint density at radius 3 is 2.31 bits per heavy atom. The van der Waals surface area contributed by atoms with Gasteiger partial charge in [0.1, 0.15) is 0 Å². The normalized spacial score (nSPS) is 34.2. The molecule has 1 aromatic carbocycles. The van der Waals surface area contributed by atoms with Crippen LogP contribution in [-0.4, -0.2) is 24.0 Å². The second-order valence-electron chi connectivity index (χ2n) is 5.43. The van der Waals surface area contributed by atoms with Crippen LogP contribution in [0, 0.1) is 11.8 Å². The highest BCUT2D eigenvalue weighted by Crippen LogP contribution is 2.37. The van der Waals surface area contributed by atoms with Gasteiger partial charge in [-0.15, -0.1) is 0 Å². The minimum atomic E-state index is 0.480. The Balaban J connectivity index is 1.60. The van der Waals surface area contributed by atoms with E-state index in [0.717, 1.165) is 18.4 Å². The first-order valence-electron chi connectivity index (χ1n) is 6.33. The first-order chi connectivity index (χ1) is 7.81. The molecule has 1 heterocycles. The quantitative estimate of drug-likeness (QED) is 0.817. The Bertz CT molecular complexity index is 335. The topological polar surface area (TPSA) is 29.3 Å². The number of likely N-dealkylation sites (tertiary alicyclic amines) is 1. The van der Waals surface area contributed by atoms with Gasteiger partial charge < -0.3 is 5.73 Å². The second-order valence-corrected chi connectivity index (χ2v) is 5.43. The third-order valence-corrected chi connectivity index (χ3v) is 4.11. The van der Waals surface area contributed by atoms with E-state index in [0.29, 0.717) is 6.04 Å². The highest BCUT2D eigenvalue weighted by Gasteiger charge is 2.39. The molecule has 0 radical (unpaired) electrons. The van der Waals surface area contributed by atoms with Gasteiger partial charge in [0.15, 0.2) is 0 Å². The molecule has 86 valence electrons. The van der Waals surface area contributed by atoms with Gasteiger partial charge in [-0.05, 0) is 30.2 Å². The van der Waals surface area contributed by atoms with Crippen LogP contribution in [0.3, 0.4) is 0 Å². The summed E-state index contributed by atoms with van der Waals surface area (Å²) in [5.74, 6) is 1.75. The zero-order valence-electron chi connectivity index (χ0n) is 9.68. The molecule has 3 rings (SSSR count). The van der Waals surface area contributed by atoms with E-state index in [4.69, 9.17) is 5.73 Å². The van der Waals surface area contributed by atoms with Crippen molar-refractivity contribution in [2.75, 3.05) is 13.1 Å². The molecule has 1 aliphatic heterocycles. The van der Waals surface area contributed by atoms with Crippen molar-refractivity contribution >= 4 is 0 Å². The molecule has 2 aliphatic rings. The summed E-state index contributed by atoms with van der Waals surface area (Å²) in [6.07, 6.45) is 2.49. The van der Waals surface area contributed by atoms with E-state index in [-0.39, 0.29) is 0 Å². The molecule has 0 amide bonds. The highest BCUT2D eigenvalue weighted by atomic mass is 15.2. The van der Waals surface area contributed by atoms with E-state index in [1.165, 1.54) is 31.5 Å². The van der Waals surface area contributed by atoms with Gasteiger partial charge in [0.25, 0.3) is 0 Å². The summed E-state index contributed by atoms with van der Waals surface area (Å²) in [5.41, 5.74) is 7.44. The fraction of sp³-hybridized carbons (Fsp3) is 0.571. The van der Waals surface area contributed by atoms with Crippen LogP contribution in [0.15, 0.2) is 30.3 Å². The zero-order valence-corrected chi connectivity index (χ0v) is 9.68. The predicted octanol–water partition coefficient (Wildman–Crippen LogP) is 1.86. The molecule has 2 unspecified atom stereocenters. The number of nitrogens with zero attached hydrogens (tertiary/aromatic N) is 1. The summed E-state index contributed by atoms with van der Waals surface area (Å²) in [6.45, 7) is 3.63. The predicted molar refractivity (Wildman–Crippen MR) is 65.9 cm³/mol. The van der Waals surface area contributed by atoms with Crippen molar-refractivity contribution in [3.05, 3.63) is 35.9 Å². The van der Waals surface area contributed by atoms with Gasteiger partial charge in [0.05, 0.1) is 0 Å². The van der Waals surface area contributed by atoms with E-state index < -0.39 is 0 Å². The maximum atomic E-state index is 6.00. The van der Waals surface area contributed by atoms with Crippen LogP contribution in [0.1, 0.15) is 18.4 Å². The van der Waals surface area contributed by atoms with E-state index in [2.05, 4.69) is 35.2 Å². The molecule has 0 spiro atoms. The summed E-state index contributed by atoms with van der Waals surface area (Å²) in [6, 6.07) is 11.3. The Morgan fingerprint density at radius 2 is 1.69 bits per heavy atom. The van der Waals surface area contributed by atoms with Crippen LogP contribution in [0.5, 0.6) is 0 Å². The van der Waals surface area contributed by atoms with Gasteiger partial charge in [0, 0.05) is 25.7 Å². The molecule has 2 nitrogen and oxygen atoms in total. The molecule has 1 aromatic rings. The molecule has 2 fully saturated rings. The smallest absolute Gasteiger partial charge is 0.0233 e. The number of nitrogens with two attached hydrogens (primary N) is 1. The monoisotopic (exact) mass is 216 g/mol. The standard InChI is InChI=1S/C14H20N2/c15-14-6-12-9-16(10-13(12)7-14)8-11-4-2-1-3-5-11/h1-5,12-14H,6-10,15H2/t12-,13?,14?/m0/s1. The number of hydrogen-bond donors (Lipinski definition) is 1. The molecule has 1 saturated heterocycles. The Kier molecular flexibility index (Phi) is 2.70. The van der Waals surface area contributed by atoms with Crippen LogP contribution in [-0.2, 0) is 6.54 Å². The molecule has 16 heavy (non-hydrogen) atoms. The zero-order chi connectivity index (χ0) is 11.0. The van der Waals surface area contributed by atoms with E-state index in [1.807, 2.05) is 0 Å². The summed E-state index contributed by atoms with van der Waals surface area (Å²) in [7, 11) is 0. The van der Waals surface area contributed by atoms with Gasteiger partial charge in [-0.2, -0.15) is 0 Å². The summed E-state index contributed by atoms with van der Waals surface area (Å²) < 4.78 is 0. The average molecular weight is 216 g/mol. The maximum Gasteiger partial charge on any atom is 0.0233 e. The number of hydrogen-bond acceptors (Lipinski definition) is 2. The minimum absolute atomic E-state index is 0.480. The number of rotatable bonds is 2. The van der Waals surface area contributed by atoms with Crippen molar-refractivity contribution in [3.8, 4) is 0 Å². The Labute approximate surface area is 97.4 Å². The Morgan fingerprint density at radius 1 is 1.06 bits per heavy atom. The van der Waals surface area contributed by atoms with Gasteiger partial charge in [0.2, 0.25) is 0 Å². The van der Waals surface area contributed by atoms with Gasteiger partial charge in [-0.3, -0.25) is 4.90 Å². The molecular formula is C14H20N2. The van der Waals surface area contributed by atoms with E-state index in [9.17, 15) is 0 Å². The summed E-state index contributed by atoms with van der Waals surface area (Å²) in [4.78, 5) is 2.59. The summed E-state index contributed by atoms with van der Waals surface area (Å²) in [5, 5.41) is 0. The second kappa shape index (κ2) is 4.19. The van der Waals surface area contributed by atoms with Crippen LogP contribution < -0.4 is 5.73 Å². The van der Waals surface area contributed by atoms with Crippen LogP contribution in [0.4, 0.5) is 0 Å². The molecular weight excluding hydrogens is 196 g/mol. The van der Waals surface area contributed by atoms with E-state index >= 15 is 0 Å². The lowest BCUT2D eigenvalue weighted by Gasteiger charge is -2.17. The third-order valence-electron chi connectivity index (χ3n) is 4.11. The van der Waals surface area contributed by atoms with Crippen molar-refractivity contribution in [2.45, 2.75) is 25.4 Å². The van der Waals surface area contributed by atoms with Crippen LogP contribution in [0.25, 0.3) is 0 Å². The number of fused-ring (bicyclic) bond motifs is 1. The average Bonchev–Trinajstić information content (AvgIpc) is 2.76. The van der Waals surface area contributed by atoms with Crippen molar-refractivity contribution < 1.29 is 0 Å². The summed E-state index contributed by atoms with van der Waals surface area (Å²) >= 11 is 0. The Hall–Kier alpha value is -0.860. The van der Waals surface area contributed by atoms with Gasteiger partial charge >= 0.3 is 0 Å². The minimum Gasteiger partial charge on any atom is -0.328 e. The van der Waals surface area contributed by atoms with Crippen molar-refractivity contribution in [1.82, 2.24) is 4.90 Å². The fourth-order valence-corrected chi connectivity index (χ4v) is 3.41. The molecule has 0 bridgehead atoms. The lowest BCUT2D eigenvalue weighted by atomic mass is 10.0. The molecule has 3 atom stereocenters. The van der Waals surface area contributed by atoms with Gasteiger partial charge in [-0.1, -0.05) is 30.3 Å². The number of benzene rings is 1. The molecule has 2 heteroatoms. The van der Waals surface area contributed by atoms with Crippen molar-refractivity contribution in [3.63, 3.8) is 0 Å². The van der Waals surface area contributed by atoms with Crippen molar-refractivity contribution in [1.29, 1.82) is 0 Å². The highest BCUT2D eigenvalue weighted by molar-refractivity contribution is 5.14. The molecule has 2 N–H and O–H groups in total. The molecule has 1 aliphatic carbocycles. The van der Waals surface area contributed by atoms with Gasteiger partial charge in [-0.25, -0.2) is 0 Å². The molecule has 1 saturated carbocycles. The van der Waals surface area contributed by atoms with Crippen LogP contribution >= 0.6 is 0 Å². The third kappa shape index (κ3) is 2.00. The van der Waals surface area contributed by atoms with Crippen molar-refractivity contribution in [2.24, 2.45) is 17.6 Å². The lowest BCUT2D eigenvalue weighted by Crippen LogP contribution is -2.25. The van der Waals surface area contributed by atoms with Crippen LogP contribution in [0.2, 0.25) is 0 Å². The largest absolute Gasteiger partial charge is 0.328 e. The fourth-order valence-electron chi connectivity index (χ4n) is 3.41. The first kappa shape index (κ1) is 10.3. The SMILES string of the molecule is NC1CC2CN(Cc3ccccc3)C[C@@H]2C1. The lowest BCUT2D eigenvalue weighted by molar-refractivity contribution is 0.299. The van der Waals surface area contributed by atoms with E-state index in [1.54, 1.807) is 0 Å². The first-order valence-corrected chi connectivity index (χ1v) is 6.33.